The van der Waals surface area contributed by atoms with Crippen molar-refractivity contribution >= 4 is 15.9 Å². The fourth-order valence-electron chi connectivity index (χ4n) is 2.95. The van der Waals surface area contributed by atoms with Crippen LogP contribution in [0.3, 0.4) is 0 Å². The van der Waals surface area contributed by atoms with Crippen LogP contribution in [-0.2, 0) is 6.42 Å². The van der Waals surface area contributed by atoms with Gasteiger partial charge >= 0.3 is 0 Å². The van der Waals surface area contributed by atoms with Gasteiger partial charge in [-0.1, -0.05) is 38.2 Å². The van der Waals surface area contributed by atoms with Crippen LogP contribution in [0.5, 0.6) is 0 Å². The van der Waals surface area contributed by atoms with Gasteiger partial charge < -0.3 is 0 Å². The molecule has 19 heavy (non-hydrogen) atoms. The van der Waals surface area contributed by atoms with Crippen LogP contribution in [0.25, 0.3) is 0 Å². The summed E-state index contributed by atoms with van der Waals surface area (Å²) < 4.78 is 13.8. The van der Waals surface area contributed by atoms with Gasteiger partial charge in [-0.2, -0.15) is 5.26 Å². The SMILES string of the molecule is N#CC1(Cc2ccc(F)c(Br)c2)CCCCCCC1. The van der Waals surface area contributed by atoms with Gasteiger partial charge in [0.25, 0.3) is 0 Å². The molecule has 0 unspecified atom stereocenters. The number of halogens is 2. The lowest BCUT2D eigenvalue weighted by Gasteiger charge is -2.28. The highest BCUT2D eigenvalue weighted by molar-refractivity contribution is 9.10. The van der Waals surface area contributed by atoms with Crippen molar-refractivity contribution in [3.63, 3.8) is 0 Å². The molecule has 0 aliphatic heterocycles. The first kappa shape index (κ1) is 14.5. The maximum atomic E-state index is 13.3. The van der Waals surface area contributed by atoms with Gasteiger partial charge in [0.05, 0.1) is 16.0 Å². The molecule has 0 amide bonds. The molecule has 1 aromatic carbocycles. The van der Waals surface area contributed by atoms with Crippen LogP contribution in [-0.4, -0.2) is 0 Å². The molecular formula is C16H19BrFN. The molecule has 1 aromatic rings. The summed E-state index contributed by atoms with van der Waals surface area (Å²) in [5.41, 5.74) is 0.799. The van der Waals surface area contributed by atoms with Gasteiger partial charge in [0.2, 0.25) is 0 Å². The molecule has 0 bridgehead atoms. The molecule has 3 heteroatoms. The highest BCUT2D eigenvalue weighted by Crippen LogP contribution is 2.37. The fourth-order valence-corrected chi connectivity index (χ4v) is 3.38. The van der Waals surface area contributed by atoms with Crippen molar-refractivity contribution in [3.05, 3.63) is 34.1 Å². The van der Waals surface area contributed by atoms with E-state index in [9.17, 15) is 9.65 Å². The maximum Gasteiger partial charge on any atom is 0.137 e. The van der Waals surface area contributed by atoms with E-state index >= 15 is 0 Å². The van der Waals surface area contributed by atoms with Gasteiger partial charge in [0, 0.05) is 0 Å². The Labute approximate surface area is 123 Å². The Morgan fingerprint density at radius 3 is 2.37 bits per heavy atom. The van der Waals surface area contributed by atoms with Gasteiger partial charge in [0.15, 0.2) is 0 Å². The van der Waals surface area contributed by atoms with E-state index in [2.05, 4.69) is 22.0 Å². The van der Waals surface area contributed by atoms with Gasteiger partial charge in [-0.15, -0.1) is 0 Å². The van der Waals surface area contributed by atoms with Crippen LogP contribution in [0.2, 0.25) is 0 Å². The van der Waals surface area contributed by atoms with E-state index < -0.39 is 0 Å². The monoisotopic (exact) mass is 323 g/mol. The molecule has 1 aliphatic rings. The molecule has 0 atom stereocenters. The Morgan fingerprint density at radius 2 is 1.79 bits per heavy atom. The lowest BCUT2D eigenvalue weighted by Crippen LogP contribution is -2.23. The largest absolute Gasteiger partial charge is 0.206 e. The summed E-state index contributed by atoms with van der Waals surface area (Å²) in [7, 11) is 0. The zero-order valence-electron chi connectivity index (χ0n) is 11.1. The van der Waals surface area contributed by atoms with Gasteiger partial charge in [0.1, 0.15) is 5.82 Å². The van der Waals surface area contributed by atoms with E-state index in [-0.39, 0.29) is 11.2 Å². The second-order valence-corrected chi connectivity index (χ2v) is 6.44. The third kappa shape index (κ3) is 3.79. The second-order valence-electron chi connectivity index (χ2n) is 5.59. The molecule has 102 valence electrons. The van der Waals surface area contributed by atoms with Crippen molar-refractivity contribution in [3.8, 4) is 6.07 Å². The molecule has 0 aromatic heterocycles. The number of hydrogen-bond donors (Lipinski definition) is 0. The minimum atomic E-state index is -0.252. The predicted octanol–water partition coefficient (Wildman–Crippen LogP) is 5.38. The zero-order chi connectivity index (χ0) is 13.7. The second kappa shape index (κ2) is 6.52. The van der Waals surface area contributed by atoms with Gasteiger partial charge in [-0.25, -0.2) is 4.39 Å². The van der Waals surface area contributed by atoms with Crippen LogP contribution < -0.4 is 0 Å². The first-order chi connectivity index (χ1) is 9.15. The summed E-state index contributed by atoms with van der Waals surface area (Å²) in [5.74, 6) is -0.243. The van der Waals surface area contributed by atoms with Crippen LogP contribution in [0.4, 0.5) is 4.39 Å². The van der Waals surface area contributed by atoms with Crippen molar-refractivity contribution in [1.82, 2.24) is 0 Å². The molecule has 0 heterocycles. The first-order valence-electron chi connectivity index (χ1n) is 7.00. The summed E-state index contributed by atoms with van der Waals surface area (Å²) in [5, 5.41) is 9.61. The van der Waals surface area contributed by atoms with E-state index in [1.54, 1.807) is 6.07 Å². The van der Waals surface area contributed by atoms with E-state index in [0.717, 1.165) is 37.7 Å². The topological polar surface area (TPSA) is 23.8 Å². The normalized spacial score (nSPS) is 19.2. The summed E-state index contributed by atoms with van der Waals surface area (Å²) >= 11 is 3.22. The first-order valence-corrected chi connectivity index (χ1v) is 7.80. The van der Waals surface area contributed by atoms with E-state index in [1.807, 2.05) is 6.07 Å². The number of nitrogens with zero attached hydrogens (tertiary/aromatic N) is 1. The van der Waals surface area contributed by atoms with Crippen LogP contribution in [0.15, 0.2) is 22.7 Å². The third-order valence-corrected chi connectivity index (χ3v) is 4.68. The average molecular weight is 324 g/mol. The summed E-state index contributed by atoms with van der Waals surface area (Å²) in [4.78, 5) is 0. The van der Waals surface area contributed by atoms with E-state index in [1.165, 1.54) is 25.3 Å². The predicted molar refractivity (Wildman–Crippen MR) is 78.2 cm³/mol. The zero-order valence-corrected chi connectivity index (χ0v) is 12.7. The Hall–Kier alpha value is -0.880. The van der Waals surface area contributed by atoms with Crippen LogP contribution in [0, 0.1) is 22.6 Å². The molecule has 0 radical (unpaired) electrons. The quantitative estimate of drug-likeness (QED) is 0.716. The van der Waals surface area contributed by atoms with Crippen molar-refractivity contribution in [2.45, 2.75) is 51.4 Å². The van der Waals surface area contributed by atoms with E-state index in [0.29, 0.717) is 4.47 Å². The van der Waals surface area contributed by atoms with Crippen molar-refractivity contribution < 1.29 is 4.39 Å². The highest BCUT2D eigenvalue weighted by Gasteiger charge is 2.30. The van der Waals surface area contributed by atoms with E-state index in [4.69, 9.17) is 0 Å². The number of rotatable bonds is 2. The number of benzene rings is 1. The molecular weight excluding hydrogens is 305 g/mol. The molecule has 2 rings (SSSR count). The van der Waals surface area contributed by atoms with Crippen molar-refractivity contribution in [2.75, 3.05) is 0 Å². The lowest BCUT2D eigenvalue weighted by atomic mass is 9.73. The Morgan fingerprint density at radius 1 is 1.16 bits per heavy atom. The van der Waals surface area contributed by atoms with Gasteiger partial charge in [-0.3, -0.25) is 0 Å². The van der Waals surface area contributed by atoms with Crippen molar-refractivity contribution in [2.24, 2.45) is 5.41 Å². The molecule has 1 saturated carbocycles. The fraction of sp³-hybridized carbons (Fsp3) is 0.562. The molecule has 1 fully saturated rings. The van der Waals surface area contributed by atoms with Crippen LogP contribution >= 0.6 is 15.9 Å². The summed E-state index contributed by atoms with van der Waals surface area (Å²) in [6.45, 7) is 0. The van der Waals surface area contributed by atoms with Crippen molar-refractivity contribution in [1.29, 1.82) is 5.26 Å². The van der Waals surface area contributed by atoms with Crippen LogP contribution in [0.1, 0.15) is 50.5 Å². The highest BCUT2D eigenvalue weighted by atomic mass is 79.9. The number of nitriles is 1. The third-order valence-electron chi connectivity index (χ3n) is 4.07. The minimum absolute atomic E-state index is 0.243. The minimum Gasteiger partial charge on any atom is -0.206 e. The molecule has 0 saturated heterocycles. The smallest absolute Gasteiger partial charge is 0.137 e. The Balaban J connectivity index is 2.16. The molecule has 1 aliphatic carbocycles. The molecule has 0 spiro atoms. The summed E-state index contributed by atoms with van der Waals surface area (Å²) in [6.07, 6.45) is 8.71. The Kier molecular flexibility index (Phi) is 4.99. The lowest BCUT2D eigenvalue weighted by molar-refractivity contribution is 0.287. The maximum absolute atomic E-state index is 13.3. The summed E-state index contributed by atoms with van der Waals surface area (Å²) in [6, 6.07) is 7.65. The average Bonchev–Trinajstić information content (AvgIpc) is 2.37. The standard InChI is InChI=1S/C16H19BrFN/c17-14-10-13(6-7-15(14)18)11-16(12-19)8-4-2-1-3-5-9-16/h6-7,10H,1-5,8-9,11H2. The number of hydrogen-bond acceptors (Lipinski definition) is 1. The molecule has 0 N–H and O–H groups in total. The Bertz CT molecular complexity index is 470. The molecule has 1 nitrogen and oxygen atoms in total. The van der Waals surface area contributed by atoms with Gasteiger partial charge in [-0.05, 0) is 52.9 Å².